The van der Waals surface area contributed by atoms with Crippen molar-refractivity contribution >= 4 is 23.4 Å². The Balaban J connectivity index is 2.65. The van der Waals surface area contributed by atoms with E-state index in [2.05, 4.69) is 10.3 Å². The van der Waals surface area contributed by atoms with Crippen LogP contribution < -0.4 is 5.32 Å². The first-order valence-corrected chi connectivity index (χ1v) is 6.01. The number of hydrogen-bond donors (Lipinski definition) is 1. The van der Waals surface area contributed by atoms with Gasteiger partial charge in [0, 0.05) is 19.8 Å². The number of likely N-dealkylation sites (N-methyl/N-ethyl adjacent to an activating group) is 1. The molecule has 0 aliphatic rings. The van der Waals surface area contributed by atoms with Gasteiger partial charge in [-0.05, 0) is 26.0 Å². The van der Waals surface area contributed by atoms with E-state index in [1.165, 1.54) is 12.3 Å². The number of aromatic nitrogens is 1. The molecular weight excluding hydrogens is 254 g/mol. The Bertz CT molecular complexity index is 433. The van der Waals surface area contributed by atoms with Crippen molar-refractivity contribution in [2.75, 3.05) is 13.6 Å². The van der Waals surface area contributed by atoms with Gasteiger partial charge in [-0.25, -0.2) is 4.98 Å². The van der Waals surface area contributed by atoms with Crippen molar-refractivity contribution in [1.29, 1.82) is 0 Å². The number of amides is 2. The van der Waals surface area contributed by atoms with Crippen LogP contribution in [-0.4, -0.2) is 41.3 Å². The Labute approximate surface area is 111 Å². The van der Waals surface area contributed by atoms with Crippen LogP contribution in [0.25, 0.3) is 0 Å². The van der Waals surface area contributed by atoms with Gasteiger partial charge in [-0.15, -0.1) is 0 Å². The van der Waals surface area contributed by atoms with Gasteiger partial charge >= 0.3 is 0 Å². The number of pyridine rings is 1. The number of carbonyl (C=O) groups excluding carboxylic acids is 2. The van der Waals surface area contributed by atoms with Gasteiger partial charge in [-0.1, -0.05) is 11.6 Å². The monoisotopic (exact) mass is 269 g/mol. The van der Waals surface area contributed by atoms with Gasteiger partial charge in [0.25, 0.3) is 5.91 Å². The van der Waals surface area contributed by atoms with E-state index in [1.807, 2.05) is 6.92 Å². The van der Waals surface area contributed by atoms with E-state index in [0.717, 1.165) is 0 Å². The minimum absolute atomic E-state index is 0.132. The maximum Gasteiger partial charge on any atom is 0.253 e. The predicted octanol–water partition coefficient (Wildman–Crippen LogP) is 1.33. The summed E-state index contributed by atoms with van der Waals surface area (Å²) in [6.45, 7) is 4.12. The number of carbonyl (C=O) groups is 2. The Hall–Kier alpha value is -1.62. The largest absolute Gasteiger partial charge is 0.344 e. The maximum atomic E-state index is 11.8. The summed E-state index contributed by atoms with van der Waals surface area (Å²) in [5, 5.41) is 2.94. The molecule has 1 N–H and O–H groups in total. The highest BCUT2D eigenvalue weighted by atomic mass is 35.5. The highest BCUT2D eigenvalue weighted by molar-refractivity contribution is 6.29. The molecule has 0 radical (unpaired) electrons. The van der Waals surface area contributed by atoms with E-state index in [1.54, 1.807) is 24.9 Å². The van der Waals surface area contributed by atoms with E-state index in [0.29, 0.717) is 17.3 Å². The Kier molecular flexibility index (Phi) is 5.09. The fraction of sp³-hybridized carbons (Fsp3) is 0.417. The summed E-state index contributed by atoms with van der Waals surface area (Å²) in [6.07, 6.45) is 1.37. The molecule has 1 atom stereocenters. The highest BCUT2D eigenvalue weighted by Crippen LogP contribution is 2.05. The van der Waals surface area contributed by atoms with E-state index < -0.39 is 6.04 Å². The van der Waals surface area contributed by atoms with Crippen molar-refractivity contribution < 1.29 is 9.59 Å². The molecule has 1 unspecified atom stereocenters. The minimum Gasteiger partial charge on any atom is -0.344 e. The molecule has 98 valence electrons. The zero-order valence-corrected chi connectivity index (χ0v) is 11.4. The maximum absolute atomic E-state index is 11.8. The van der Waals surface area contributed by atoms with Crippen LogP contribution in [0.2, 0.25) is 5.15 Å². The minimum atomic E-state index is -0.571. The zero-order chi connectivity index (χ0) is 13.7. The molecule has 6 heteroatoms. The molecule has 5 nitrogen and oxygen atoms in total. The van der Waals surface area contributed by atoms with Gasteiger partial charge in [-0.2, -0.15) is 0 Å². The van der Waals surface area contributed by atoms with Gasteiger partial charge < -0.3 is 10.2 Å². The lowest BCUT2D eigenvalue weighted by Gasteiger charge is -2.20. The third-order valence-corrected chi connectivity index (χ3v) is 2.78. The number of nitrogens with zero attached hydrogens (tertiary/aromatic N) is 2. The smallest absolute Gasteiger partial charge is 0.253 e. The summed E-state index contributed by atoms with van der Waals surface area (Å²) in [5.74, 6) is -0.475. The first-order chi connectivity index (χ1) is 8.45. The summed E-state index contributed by atoms with van der Waals surface area (Å²) in [7, 11) is 1.69. The van der Waals surface area contributed by atoms with Crippen LogP contribution in [0.3, 0.4) is 0 Å². The first kappa shape index (κ1) is 14.4. The molecule has 1 aromatic rings. The van der Waals surface area contributed by atoms with Crippen LogP contribution >= 0.6 is 11.6 Å². The van der Waals surface area contributed by atoms with Crippen LogP contribution in [0.4, 0.5) is 0 Å². The van der Waals surface area contributed by atoms with Gasteiger partial charge in [-0.3, -0.25) is 9.59 Å². The van der Waals surface area contributed by atoms with Gasteiger partial charge in [0.05, 0.1) is 5.56 Å². The summed E-state index contributed by atoms with van der Waals surface area (Å²) < 4.78 is 0. The molecule has 1 aromatic heterocycles. The summed E-state index contributed by atoms with van der Waals surface area (Å²) in [4.78, 5) is 28.9. The van der Waals surface area contributed by atoms with Crippen molar-refractivity contribution in [3.05, 3.63) is 29.0 Å². The number of nitrogens with one attached hydrogen (secondary N) is 1. The molecule has 0 bridgehead atoms. The topological polar surface area (TPSA) is 62.3 Å². The molecule has 0 spiro atoms. The number of hydrogen-bond acceptors (Lipinski definition) is 3. The fourth-order valence-electron chi connectivity index (χ4n) is 1.34. The SMILES string of the molecule is CCN(C)C(=O)C(C)NC(=O)c1ccc(Cl)nc1. The van der Waals surface area contributed by atoms with Crippen molar-refractivity contribution in [2.45, 2.75) is 19.9 Å². The Morgan fingerprint density at radius 3 is 2.67 bits per heavy atom. The fourth-order valence-corrected chi connectivity index (χ4v) is 1.45. The molecular formula is C12H16ClN3O2. The predicted molar refractivity (Wildman–Crippen MR) is 69.5 cm³/mol. The highest BCUT2D eigenvalue weighted by Gasteiger charge is 2.19. The average molecular weight is 270 g/mol. The van der Waals surface area contributed by atoms with E-state index in [-0.39, 0.29) is 11.8 Å². The summed E-state index contributed by atoms with van der Waals surface area (Å²) >= 11 is 5.63. The lowest BCUT2D eigenvalue weighted by atomic mass is 10.2. The molecule has 1 heterocycles. The molecule has 1 rings (SSSR count). The summed E-state index contributed by atoms with van der Waals surface area (Å²) in [6, 6.07) is 2.52. The van der Waals surface area contributed by atoms with E-state index in [9.17, 15) is 9.59 Å². The molecule has 0 saturated heterocycles. The molecule has 2 amide bonds. The summed E-state index contributed by atoms with van der Waals surface area (Å²) in [5.41, 5.74) is 0.373. The number of rotatable bonds is 4. The Morgan fingerprint density at radius 2 is 2.17 bits per heavy atom. The molecule has 0 saturated carbocycles. The second-order valence-electron chi connectivity index (χ2n) is 3.92. The third-order valence-electron chi connectivity index (χ3n) is 2.56. The molecule has 0 aliphatic heterocycles. The normalized spacial score (nSPS) is 11.8. The van der Waals surface area contributed by atoms with Crippen LogP contribution in [0.15, 0.2) is 18.3 Å². The van der Waals surface area contributed by atoms with Crippen LogP contribution in [-0.2, 0) is 4.79 Å². The third kappa shape index (κ3) is 3.70. The van der Waals surface area contributed by atoms with Crippen LogP contribution in [0.1, 0.15) is 24.2 Å². The van der Waals surface area contributed by atoms with Crippen molar-refractivity contribution in [3.8, 4) is 0 Å². The molecule has 0 fully saturated rings. The van der Waals surface area contributed by atoms with E-state index in [4.69, 9.17) is 11.6 Å². The van der Waals surface area contributed by atoms with Crippen molar-refractivity contribution in [2.24, 2.45) is 0 Å². The van der Waals surface area contributed by atoms with E-state index >= 15 is 0 Å². The molecule has 0 aliphatic carbocycles. The van der Waals surface area contributed by atoms with Gasteiger partial charge in [0.1, 0.15) is 11.2 Å². The standard InChI is InChI=1S/C12H16ClN3O2/c1-4-16(3)12(18)8(2)15-11(17)9-5-6-10(13)14-7-9/h5-8H,4H2,1-3H3,(H,15,17). The van der Waals surface area contributed by atoms with Crippen LogP contribution in [0, 0.1) is 0 Å². The first-order valence-electron chi connectivity index (χ1n) is 5.63. The Morgan fingerprint density at radius 1 is 1.50 bits per heavy atom. The quantitative estimate of drug-likeness (QED) is 0.839. The molecule has 0 aromatic carbocycles. The van der Waals surface area contributed by atoms with Gasteiger partial charge in [0.15, 0.2) is 0 Å². The average Bonchev–Trinajstić information content (AvgIpc) is 2.37. The lowest BCUT2D eigenvalue weighted by Crippen LogP contribution is -2.45. The molecule has 18 heavy (non-hydrogen) atoms. The van der Waals surface area contributed by atoms with Crippen molar-refractivity contribution in [3.63, 3.8) is 0 Å². The van der Waals surface area contributed by atoms with Crippen molar-refractivity contribution in [1.82, 2.24) is 15.2 Å². The second kappa shape index (κ2) is 6.35. The van der Waals surface area contributed by atoms with Gasteiger partial charge in [0.2, 0.25) is 5.91 Å². The second-order valence-corrected chi connectivity index (χ2v) is 4.30. The number of halogens is 1. The lowest BCUT2D eigenvalue weighted by molar-refractivity contribution is -0.131. The zero-order valence-electron chi connectivity index (χ0n) is 10.6. The van der Waals surface area contributed by atoms with Crippen LogP contribution in [0.5, 0.6) is 0 Å².